The molecule has 10 heteroatoms. The molecular weight excluding hydrogens is 426 g/mol. The Balaban J connectivity index is 1.62. The summed E-state index contributed by atoms with van der Waals surface area (Å²) in [6.45, 7) is 4.25. The minimum Gasteiger partial charge on any atom is -0.456 e. The van der Waals surface area contributed by atoms with Crippen molar-refractivity contribution in [2.75, 3.05) is 13.1 Å². The third-order valence-electron chi connectivity index (χ3n) is 4.35. The van der Waals surface area contributed by atoms with Crippen LogP contribution in [-0.2, 0) is 26.2 Å². The Morgan fingerprint density at radius 1 is 1.23 bits per heavy atom. The highest BCUT2D eigenvalue weighted by Gasteiger charge is 2.20. The van der Waals surface area contributed by atoms with Crippen LogP contribution < -0.4 is 5.56 Å². The van der Waals surface area contributed by atoms with Crippen LogP contribution in [0.15, 0.2) is 57.7 Å². The van der Waals surface area contributed by atoms with E-state index in [9.17, 15) is 18.0 Å². The van der Waals surface area contributed by atoms with Gasteiger partial charge in [0, 0.05) is 36.8 Å². The lowest BCUT2D eigenvalue weighted by molar-refractivity contribution is -0.139. The third-order valence-corrected chi connectivity index (χ3v) is 7.17. The van der Waals surface area contributed by atoms with Gasteiger partial charge in [-0.05, 0) is 23.8 Å². The van der Waals surface area contributed by atoms with Crippen LogP contribution in [0.2, 0.25) is 0 Å². The minimum atomic E-state index is -3.52. The largest absolute Gasteiger partial charge is 0.456 e. The number of hydrogen-bond acceptors (Lipinski definition) is 7. The average molecular weight is 448 g/mol. The number of aromatic nitrogens is 2. The van der Waals surface area contributed by atoms with Crippen LogP contribution in [0, 0.1) is 0 Å². The highest BCUT2D eigenvalue weighted by atomic mass is 32.2. The number of thiazole rings is 1. The molecule has 158 valence electrons. The van der Waals surface area contributed by atoms with Crippen molar-refractivity contribution in [1.82, 2.24) is 13.7 Å². The second-order valence-corrected chi connectivity index (χ2v) is 9.05. The first-order valence-corrected chi connectivity index (χ1v) is 11.6. The highest BCUT2D eigenvalue weighted by molar-refractivity contribution is 7.89. The molecule has 1 aromatic carbocycles. The van der Waals surface area contributed by atoms with Crippen molar-refractivity contribution in [3.05, 3.63) is 69.6 Å². The molecule has 0 spiro atoms. The van der Waals surface area contributed by atoms with Crippen molar-refractivity contribution in [3.63, 3.8) is 0 Å². The summed E-state index contributed by atoms with van der Waals surface area (Å²) in [5.41, 5.74) is 0.791. The summed E-state index contributed by atoms with van der Waals surface area (Å²) in [4.78, 5) is 28.9. The Morgan fingerprint density at radius 2 is 1.93 bits per heavy atom. The van der Waals surface area contributed by atoms with Gasteiger partial charge in [-0.1, -0.05) is 26.0 Å². The SMILES string of the molecule is CCN(CC)S(=O)(=O)c1ccc(C=CC(=O)OCc2cc(=O)n3ccsc3n2)cc1. The topological polar surface area (TPSA) is 98.0 Å². The van der Waals surface area contributed by atoms with Gasteiger partial charge in [-0.15, -0.1) is 11.3 Å². The first kappa shape index (κ1) is 21.9. The quantitative estimate of drug-likeness (QED) is 0.389. The zero-order valence-electron chi connectivity index (χ0n) is 16.5. The Bertz CT molecular complexity index is 1220. The molecule has 0 amide bonds. The zero-order chi connectivity index (χ0) is 21.7. The van der Waals surface area contributed by atoms with Crippen molar-refractivity contribution >= 4 is 38.4 Å². The van der Waals surface area contributed by atoms with E-state index in [0.717, 1.165) is 0 Å². The first-order valence-electron chi connectivity index (χ1n) is 9.26. The number of rotatable bonds is 8. The van der Waals surface area contributed by atoms with Gasteiger partial charge in [0.25, 0.3) is 5.56 Å². The van der Waals surface area contributed by atoms with Crippen LogP contribution in [0.1, 0.15) is 25.1 Å². The Labute approximate surface area is 178 Å². The van der Waals surface area contributed by atoms with E-state index in [1.54, 1.807) is 37.6 Å². The van der Waals surface area contributed by atoms with Gasteiger partial charge in [0.05, 0.1) is 10.6 Å². The fraction of sp³-hybridized carbons (Fsp3) is 0.250. The molecule has 0 aliphatic heterocycles. The van der Waals surface area contributed by atoms with E-state index in [4.69, 9.17) is 4.74 Å². The van der Waals surface area contributed by atoms with Gasteiger partial charge in [-0.2, -0.15) is 4.31 Å². The molecule has 0 atom stereocenters. The molecule has 0 radical (unpaired) electrons. The summed E-state index contributed by atoms with van der Waals surface area (Å²) in [7, 11) is -3.52. The lowest BCUT2D eigenvalue weighted by Crippen LogP contribution is -2.30. The smallest absolute Gasteiger partial charge is 0.331 e. The summed E-state index contributed by atoms with van der Waals surface area (Å²) >= 11 is 1.32. The molecule has 30 heavy (non-hydrogen) atoms. The van der Waals surface area contributed by atoms with Crippen LogP contribution >= 0.6 is 11.3 Å². The van der Waals surface area contributed by atoms with Gasteiger partial charge in [0.2, 0.25) is 10.0 Å². The number of hydrogen-bond donors (Lipinski definition) is 0. The lowest BCUT2D eigenvalue weighted by Gasteiger charge is -2.18. The molecule has 0 N–H and O–H groups in total. The van der Waals surface area contributed by atoms with E-state index in [-0.39, 0.29) is 17.1 Å². The molecule has 0 bridgehead atoms. The second-order valence-electron chi connectivity index (χ2n) is 6.24. The summed E-state index contributed by atoms with van der Waals surface area (Å²) in [6, 6.07) is 7.57. The summed E-state index contributed by atoms with van der Waals surface area (Å²) in [5.74, 6) is -0.594. The molecule has 3 rings (SSSR count). The maximum absolute atomic E-state index is 12.5. The van der Waals surface area contributed by atoms with E-state index < -0.39 is 16.0 Å². The molecule has 0 aliphatic carbocycles. The molecule has 2 heterocycles. The number of carbonyl (C=O) groups is 1. The highest BCUT2D eigenvalue weighted by Crippen LogP contribution is 2.17. The molecule has 0 saturated heterocycles. The maximum Gasteiger partial charge on any atom is 0.331 e. The standard InChI is InChI=1S/C20H21N3O5S2/c1-3-22(4-2)30(26,27)17-8-5-15(6-9-17)7-10-19(25)28-14-16-13-18(24)23-11-12-29-20(23)21-16/h5-13H,3-4,14H2,1-2H3. The van der Waals surface area contributed by atoms with Crippen LogP contribution in [0.25, 0.3) is 11.0 Å². The molecule has 2 aromatic heterocycles. The van der Waals surface area contributed by atoms with Gasteiger partial charge in [-0.25, -0.2) is 18.2 Å². The fourth-order valence-corrected chi connectivity index (χ4v) is 4.98. The van der Waals surface area contributed by atoms with Gasteiger partial charge in [0.1, 0.15) is 6.61 Å². The van der Waals surface area contributed by atoms with Crippen LogP contribution in [0.3, 0.4) is 0 Å². The van der Waals surface area contributed by atoms with Gasteiger partial charge in [0.15, 0.2) is 4.96 Å². The first-order chi connectivity index (χ1) is 14.3. The van der Waals surface area contributed by atoms with E-state index in [1.165, 1.54) is 50.4 Å². The molecule has 0 fully saturated rings. The predicted molar refractivity (Wildman–Crippen MR) is 115 cm³/mol. The predicted octanol–water partition coefficient (Wildman–Crippen LogP) is 2.54. The lowest BCUT2D eigenvalue weighted by atomic mass is 10.2. The van der Waals surface area contributed by atoms with Gasteiger partial charge in [-0.3, -0.25) is 9.20 Å². The van der Waals surface area contributed by atoms with E-state index >= 15 is 0 Å². The molecule has 3 aromatic rings. The Hall–Kier alpha value is -2.82. The fourth-order valence-electron chi connectivity index (χ4n) is 2.78. The third kappa shape index (κ3) is 4.84. The zero-order valence-corrected chi connectivity index (χ0v) is 18.1. The summed E-state index contributed by atoms with van der Waals surface area (Å²) < 4.78 is 32.9. The maximum atomic E-state index is 12.5. The number of ether oxygens (including phenoxy) is 1. The monoisotopic (exact) mass is 447 g/mol. The Morgan fingerprint density at radius 3 is 2.60 bits per heavy atom. The van der Waals surface area contributed by atoms with Crippen molar-refractivity contribution in [2.24, 2.45) is 0 Å². The van der Waals surface area contributed by atoms with Crippen molar-refractivity contribution in [3.8, 4) is 0 Å². The van der Waals surface area contributed by atoms with Crippen molar-refractivity contribution in [2.45, 2.75) is 25.3 Å². The van der Waals surface area contributed by atoms with Crippen molar-refractivity contribution < 1.29 is 17.9 Å². The van der Waals surface area contributed by atoms with Gasteiger partial charge < -0.3 is 4.74 Å². The minimum absolute atomic E-state index is 0.117. The molecule has 0 saturated carbocycles. The van der Waals surface area contributed by atoms with Crippen LogP contribution in [-0.4, -0.2) is 41.2 Å². The average Bonchev–Trinajstić information content (AvgIpc) is 3.21. The molecule has 0 aliphatic rings. The molecule has 0 unspecified atom stereocenters. The number of fused-ring (bicyclic) bond motifs is 1. The van der Waals surface area contributed by atoms with Crippen LogP contribution in [0.4, 0.5) is 0 Å². The van der Waals surface area contributed by atoms with Crippen LogP contribution in [0.5, 0.6) is 0 Å². The van der Waals surface area contributed by atoms with Crippen molar-refractivity contribution in [1.29, 1.82) is 0 Å². The second kappa shape index (κ2) is 9.33. The molecule has 8 nitrogen and oxygen atoms in total. The van der Waals surface area contributed by atoms with E-state index in [2.05, 4.69) is 4.98 Å². The summed E-state index contributed by atoms with van der Waals surface area (Å²) in [6.07, 6.45) is 4.40. The van der Waals surface area contributed by atoms with E-state index in [0.29, 0.717) is 29.3 Å². The molecular formula is C20H21N3O5S2. The normalized spacial score (nSPS) is 12.1. The number of sulfonamides is 1. The van der Waals surface area contributed by atoms with E-state index in [1.807, 2.05) is 0 Å². The van der Waals surface area contributed by atoms with Gasteiger partial charge >= 0.3 is 5.97 Å². The number of benzene rings is 1. The number of esters is 1. The number of nitrogens with zero attached hydrogens (tertiary/aromatic N) is 3. The summed E-state index contributed by atoms with van der Waals surface area (Å²) in [5, 5.41) is 1.75. The number of carbonyl (C=O) groups excluding carboxylic acids is 1. The Kier molecular flexibility index (Phi) is 6.80.